The lowest BCUT2D eigenvalue weighted by Gasteiger charge is -2.29. The van der Waals surface area contributed by atoms with Gasteiger partial charge in [-0.1, -0.05) is 11.6 Å². The zero-order valence-corrected chi connectivity index (χ0v) is 9.01. The lowest BCUT2D eigenvalue weighted by Crippen LogP contribution is -2.33. The molecule has 0 saturated heterocycles. The van der Waals surface area contributed by atoms with Crippen molar-refractivity contribution in [1.29, 1.82) is 0 Å². The van der Waals surface area contributed by atoms with Crippen LogP contribution in [0, 0.1) is 6.92 Å². The number of nitrogens with zero attached hydrogens (tertiary/aromatic N) is 3. The van der Waals surface area contributed by atoms with Crippen LogP contribution in [0.3, 0.4) is 0 Å². The summed E-state index contributed by atoms with van der Waals surface area (Å²) in [5.41, 5.74) is 0. The van der Waals surface area contributed by atoms with Crippen molar-refractivity contribution in [2.75, 3.05) is 24.6 Å². The van der Waals surface area contributed by atoms with E-state index in [-0.39, 0.29) is 0 Å². The Morgan fingerprint density at radius 2 is 2.29 bits per heavy atom. The Labute approximate surface area is 87.9 Å². The monoisotopic (exact) mass is 213 g/mol. The van der Waals surface area contributed by atoms with E-state index >= 15 is 0 Å². The fourth-order valence-corrected chi connectivity index (χ4v) is 1.79. The molecule has 0 N–H and O–H groups in total. The Kier molecular flexibility index (Phi) is 2.46. The van der Waals surface area contributed by atoms with E-state index in [4.69, 9.17) is 16.3 Å². The second kappa shape index (κ2) is 3.61. The van der Waals surface area contributed by atoms with Gasteiger partial charge in [-0.15, -0.1) is 0 Å². The van der Waals surface area contributed by atoms with E-state index in [1.54, 1.807) is 0 Å². The predicted molar refractivity (Wildman–Crippen MR) is 55.2 cm³/mol. The number of halogens is 1. The number of fused-ring (bicyclic) bond motifs is 1. The molecule has 0 aromatic carbocycles. The van der Waals surface area contributed by atoms with E-state index in [9.17, 15) is 0 Å². The molecule has 2 rings (SSSR count). The quantitative estimate of drug-likeness (QED) is 0.665. The van der Waals surface area contributed by atoms with E-state index in [0.717, 1.165) is 18.9 Å². The Hall–Kier alpha value is -1.03. The second-order valence-corrected chi connectivity index (χ2v) is 3.50. The summed E-state index contributed by atoms with van der Waals surface area (Å²) < 4.78 is 5.44. The van der Waals surface area contributed by atoms with Gasteiger partial charge in [-0.2, -0.15) is 0 Å². The van der Waals surface area contributed by atoms with Gasteiger partial charge < -0.3 is 9.64 Å². The van der Waals surface area contributed by atoms with E-state index in [0.29, 0.717) is 23.3 Å². The van der Waals surface area contributed by atoms with E-state index < -0.39 is 0 Å². The van der Waals surface area contributed by atoms with Crippen LogP contribution in [-0.4, -0.2) is 29.7 Å². The van der Waals surface area contributed by atoms with Crippen molar-refractivity contribution >= 4 is 17.4 Å². The molecule has 5 heteroatoms. The van der Waals surface area contributed by atoms with Gasteiger partial charge in [-0.3, -0.25) is 0 Å². The molecule has 0 spiro atoms. The van der Waals surface area contributed by atoms with E-state index in [1.807, 2.05) is 6.92 Å². The van der Waals surface area contributed by atoms with Crippen LogP contribution < -0.4 is 9.64 Å². The molecule has 2 heterocycles. The Morgan fingerprint density at radius 3 is 3.00 bits per heavy atom. The molecule has 0 aliphatic carbocycles. The third-order valence-corrected chi connectivity index (χ3v) is 2.46. The predicted octanol–water partition coefficient (Wildman–Crippen LogP) is 1.66. The minimum absolute atomic E-state index is 0.408. The van der Waals surface area contributed by atoms with Gasteiger partial charge in [0.25, 0.3) is 0 Å². The van der Waals surface area contributed by atoms with E-state index in [2.05, 4.69) is 21.8 Å². The molecular formula is C9H12ClN3O. The Bertz CT molecular complexity index is 356. The van der Waals surface area contributed by atoms with Crippen LogP contribution >= 0.6 is 11.6 Å². The van der Waals surface area contributed by atoms with Crippen LogP contribution in [0.2, 0.25) is 5.15 Å². The fraction of sp³-hybridized carbons (Fsp3) is 0.556. The van der Waals surface area contributed by atoms with Gasteiger partial charge >= 0.3 is 0 Å². The number of rotatable bonds is 1. The van der Waals surface area contributed by atoms with Crippen LogP contribution in [0.4, 0.5) is 5.82 Å². The first kappa shape index (κ1) is 9.52. The number of hydrogen-bond acceptors (Lipinski definition) is 4. The summed E-state index contributed by atoms with van der Waals surface area (Å²) in [4.78, 5) is 10.5. The van der Waals surface area contributed by atoms with Gasteiger partial charge in [0.05, 0.1) is 6.54 Å². The fourth-order valence-electron chi connectivity index (χ4n) is 1.52. The Balaban J connectivity index is 2.51. The Morgan fingerprint density at radius 1 is 1.50 bits per heavy atom. The third-order valence-electron chi connectivity index (χ3n) is 2.21. The lowest BCUT2D eigenvalue weighted by molar-refractivity contribution is 0.304. The molecule has 0 atom stereocenters. The van der Waals surface area contributed by atoms with Crippen molar-refractivity contribution < 1.29 is 4.74 Å². The summed E-state index contributed by atoms with van der Waals surface area (Å²) in [5, 5.41) is 0.408. The van der Waals surface area contributed by atoms with Gasteiger partial charge in [-0.25, -0.2) is 9.97 Å². The number of anilines is 1. The average Bonchev–Trinajstić information content (AvgIpc) is 2.17. The molecule has 14 heavy (non-hydrogen) atoms. The standard InChI is InChI=1S/C9H12ClN3O/c1-3-13-4-5-14-7-8(10)11-6(2)12-9(7)13/h3-5H2,1-2H3. The van der Waals surface area contributed by atoms with Gasteiger partial charge in [-0.05, 0) is 13.8 Å². The molecular weight excluding hydrogens is 202 g/mol. The summed E-state index contributed by atoms with van der Waals surface area (Å²) in [6, 6.07) is 0. The highest BCUT2D eigenvalue weighted by molar-refractivity contribution is 6.31. The van der Waals surface area contributed by atoms with Crippen molar-refractivity contribution in [3.63, 3.8) is 0 Å². The van der Waals surface area contributed by atoms with Gasteiger partial charge in [0, 0.05) is 6.54 Å². The highest BCUT2D eigenvalue weighted by Crippen LogP contribution is 2.34. The number of hydrogen-bond donors (Lipinski definition) is 0. The largest absolute Gasteiger partial charge is 0.485 e. The first-order valence-corrected chi connectivity index (χ1v) is 5.02. The summed E-state index contributed by atoms with van der Waals surface area (Å²) in [6.45, 7) is 6.32. The minimum Gasteiger partial charge on any atom is -0.485 e. The van der Waals surface area contributed by atoms with E-state index in [1.165, 1.54) is 0 Å². The molecule has 1 aliphatic rings. The SMILES string of the molecule is CCN1CCOc2c(Cl)nc(C)nc21. The summed E-state index contributed by atoms with van der Waals surface area (Å²) >= 11 is 5.97. The average molecular weight is 214 g/mol. The van der Waals surface area contributed by atoms with Crippen LogP contribution in [0.25, 0.3) is 0 Å². The molecule has 76 valence electrons. The molecule has 0 fully saturated rings. The van der Waals surface area contributed by atoms with Crippen molar-refractivity contribution in [2.24, 2.45) is 0 Å². The van der Waals surface area contributed by atoms with Crippen LogP contribution in [-0.2, 0) is 0 Å². The van der Waals surface area contributed by atoms with Crippen LogP contribution in [0.15, 0.2) is 0 Å². The summed E-state index contributed by atoms with van der Waals surface area (Å²) in [7, 11) is 0. The normalized spacial score (nSPS) is 14.9. The van der Waals surface area contributed by atoms with Crippen LogP contribution in [0.5, 0.6) is 5.75 Å². The number of aromatic nitrogens is 2. The molecule has 4 nitrogen and oxygen atoms in total. The maximum absolute atomic E-state index is 5.97. The number of likely N-dealkylation sites (N-methyl/N-ethyl adjacent to an activating group) is 1. The maximum atomic E-state index is 5.97. The molecule has 1 aromatic rings. The summed E-state index contributed by atoms with van der Waals surface area (Å²) in [5.74, 6) is 2.11. The molecule has 1 aromatic heterocycles. The maximum Gasteiger partial charge on any atom is 0.199 e. The van der Waals surface area contributed by atoms with Gasteiger partial charge in [0.2, 0.25) is 0 Å². The minimum atomic E-state index is 0.408. The van der Waals surface area contributed by atoms with Crippen molar-refractivity contribution in [3.05, 3.63) is 11.0 Å². The van der Waals surface area contributed by atoms with Gasteiger partial charge in [0.1, 0.15) is 12.4 Å². The molecule has 1 aliphatic heterocycles. The second-order valence-electron chi connectivity index (χ2n) is 3.14. The lowest BCUT2D eigenvalue weighted by atomic mass is 10.3. The molecule has 0 unspecified atom stereocenters. The highest BCUT2D eigenvalue weighted by Gasteiger charge is 2.22. The highest BCUT2D eigenvalue weighted by atomic mass is 35.5. The smallest absolute Gasteiger partial charge is 0.199 e. The molecule has 0 radical (unpaired) electrons. The molecule has 0 saturated carbocycles. The molecule has 0 bridgehead atoms. The van der Waals surface area contributed by atoms with Crippen LogP contribution in [0.1, 0.15) is 12.7 Å². The third kappa shape index (κ3) is 1.50. The molecule has 0 amide bonds. The van der Waals surface area contributed by atoms with Crippen molar-refractivity contribution in [2.45, 2.75) is 13.8 Å². The van der Waals surface area contributed by atoms with Gasteiger partial charge in [0.15, 0.2) is 16.7 Å². The number of aryl methyl sites for hydroxylation is 1. The topological polar surface area (TPSA) is 38.2 Å². The first-order valence-electron chi connectivity index (χ1n) is 4.64. The van der Waals surface area contributed by atoms with Crippen molar-refractivity contribution in [1.82, 2.24) is 9.97 Å². The summed E-state index contributed by atoms with van der Waals surface area (Å²) in [6.07, 6.45) is 0. The zero-order valence-electron chi connectivity index (χ0n) is 8.25. The number of ether oxygens (including phenoxy) is 1. The van der Waals surface area contributed by atoms with Crippen molar-refractivity contribution in [3.8, 4) is 5.75 Å². The zero-order chi connectivity index (χ0) is 10.1. The first-order chi connectivity index (χ1) is 6.72.